The van der Waals surface area contributed by atoms with Crippen molar-refractivity contribution in [2.75, 3.05) is 27.2 Å². The zero-order chi connectivity index (χ0) is 18.7. The quantitative estimate of drug-likeness (QED) is 0.868. The van der Waals surface area contributed by atoms with Crippen molar-refractivity contribution in [3.05, 3.63) is 58.5 Å². The summed E-state index contributed by atoms with van der Waals surface area (Å²) in [5, 5.41) is 3.08. The number of carbonyl (C=O) groups is 1. The summed E-state index contributed by atoms with van der Waals surface area (Å²) < 4.78 is 18.8. The number of likely N-dealkylation sites (tertiary alicyclic amines) is 1. The third-order valence-corrected chi connectivity index (χ3v) is 5.10. The average molecular weight is 378 g/mol. The molecule has 1 aromatic carbocycles. The van der Waals surface area contributed by atoms with E-state index in [2.05, 4.69) is 15.2 Å². The average Bonchev–Trinajstić information content (AvgIpc) is 3.02. The lowest BCUT2D eigenvalue weighted by molar-refractivity contribution is 0.0943. The van der Waals surface area contributed by atoms with Gasteiger partial charge in [0.05, 0.1) is 17.7 Å². The van der Waals surface area contributed by atoms with E-state index in [1.807, 2.05) is 13.1 Å². The van der Waals surface area contributed by atoms with E-state index < -0.39 is 5.82 Å². The molecule has 1 aliphatic heterocycles. The van der Waals surface area contributed by atoms with E-state index in [1.165, 1.54) is 19.4 Å². The highest BCUT2D eigenvalue weighted by Crippen LogP contribution is 2.36. The first kappa shape index (κ1) is 18.6. The first-order chi connectivity index (χ1) is 12.5. The highest BCUT2D eigenvalue weighted by atomic mass is 35.5. The van der Waals surface area contributed by atoms with Gasteiger partial charge in [-0.2, -0.15) is 0 Å². The number of pyridine rings is 1. The molecule has 5 nitrogen and oxygen atoms in total. The highest BCUT2D eigenvalue weighted by Gasteiger charge is 2.33. The topological polar surface area (TPSA) is 54.5 Å². The van der Waals surface area contributed by atoms with Crippen molar-refractivity contribution in [1.29, 1.82) is 0 Å². The second kappa shape index (κ2) is 8.01. The number of nitrogens with zero attached hydrogens (tertiary/aromatic N) is 2. The maximum atomic E-state index is 13.8. The van der Waals surface area contributed by atoms with E-state index in [0.717, 1.165) is 18.5 Å². The first-order valence-electron chi connectivity index (χ1n) is 8.43. The molecular weight excluding hydrogens is 357 g/mol. The van der Waals surface area contributed by atoms with Crippen LogP contribution in [0.4, 0.5) is 4.39 Å². The Balaban J connectivity index is 1.67. The number of carbonyl (C=O) groups excluding carboxylic acids is 1. The highest BCUT2D eigenvalue weighted by molar-refractivity contribution is 6.30. The minimum Gasteiger partial charge on any atom is -0.481 e. The zero-order valence-electron chi connectivity index (χ0n) is 14.7. The molecule has 1 fully saturated rings. The van der Waals surface area contributed by atoms with Crippen molar-refractivity contribution >= 4 is 17.5 Å². The van der Waals surface area contributed by atoms with Crippen LogP contribution in [0.25, 0.3) is 0 Å². The van der Waals surface area contributed by atoms with Gasteiger partial charge in [0.2, 0.25) is 5.88 Å². The van der Waals surface area contributed by atoms with Crippen LogP contribution in [0.5, 0.6) is 5.88 Å². The fraction of sp³-hybridized carbons (Fsp3) is 0.368. The Morgan fingerprint density at radius 1 is 1.42 bits per heavy atom. The van der Waals surface area contributed by atoms with Crippen LogP contribution >= 0.6 is 11.6 Å². The number of halogens is 2. The summed E-state index contributed by atoms with van der Waals surface area (Å²) in [4.78, 5) is 18.6. The normalized spacial score (nSPS) is 20.2. The second-order valence-electron chi connectivity index (χ2n) is 6.45. The third-order valence-electron chi connectivity index (χ3n) is 4.79. The molecule has 1 aliphatic rings. The van der Waals surface area contributed by atoms with E-state index in [1.54, 1.807) is 18.2 Å². The number of rotatable bonds is 5. The summed E-state index contributed by atoms with van der Waals surface area (Å²) >= 11 is 5.79. The SMILES string of the molecule is COc1ccc(C(=O)NC[C@@H]2CCN(C)[C@@H]2c2ccc(Cl)c(F)c2)cn1. The van der Waals surface area contributed by atoms with Gasteiger partial charge in [-0.3, -0.25) is 9.69 Å². The molecule has 2 heterocycles. The fourth-order valence-corrected chi connectivity index (χ4v) is 3.54. The third kappa shape index (κ3) is 3.97. The van der Waals surface area contributed by atoms with Gasteiger partial charge in [-0.1, -0.05) is 17.7 Å². The van der Waals surface area contributed by atoms with Gasteiger partial charge in [-0.25, -0.2) is 9.37 Å². The van der Waals surface area contributed by atoms with Gasteiger partial charge in [0.25, 0.3) is 5.91 Å². The second-order valence-corrected chi connectivity index (χ2v) is 6.85. The number of nitrogens with one attached hydrogen (secondary N) is 1. The predicted octanol–water partition coefficient (Wildman–Crippen LogP) is 3.31. The smallest absolute Gasteiger partial charge is 0.252 e. The standard InChI is InChI=1S/C19H21ClFN3O2/c1-24-8-7-13(18(24)12-3-5-15(20)16(21)9-12)10-23-19(25)14-4-6-17(26-2)22-11-14/h3-6,9,11,13,18H,7-8,10H2,1-2H3,(H,23,25)/t13-,18+/m0/s1. The van der Waals surface area contributed by atoms with Crippen LogP contribution in [0.1, 0.15) is 28.4 Å². The van der Waals surface area contributed by atoms with Crippen LogP contribution < -0.4 is 10.1 Å². The van der Waals surface area contributed by atoms with Crippen molar-refractivity contribution in [3.63, 3.8) is 0 Å². The molecule has 0 unspecified atom stereocenters. The Labute approximate surface area is 157 Å². The van der Waals surface area contributed by atoms with Gasteiger partial charge in [-0.15, -0.1) is 0 Å². The molecule has 26 heavy (non-hydrogen) atoms. The van der Waals surface area contributed by atoms with E-state index in [0.29, 0.717) is 18.0 Å². The molecule has 2 atom stereocenters. The minimum atomic E-state index is -0.420. The van der Waals surface area contributed by atoms with Crippen molar-refractivity contribution in [1.82, 2.24) is 15.2 Å². The molecule has 1 amide bonds. The van der Waals surface area contributed by atoms with Crippen molar-refractivity contribution in [2.24, 2.45) is 5.92 Å². The maximum absolute atomic E-state index is 13.8. The molecule has 3 rings (SSSR count). The number of ether oxygens (including phenoxy) is 1. The molecule has 1 aromatic heterocycles. The summed E-state index contributed by atoms with van der Waals surface area (Å²) in [5.41, 5.74) is 1.35. The van der Waals surface area contributed by atoms with Crippen LogP contribution in [0.2, 0.25) is 5.02 Å². The van der Waals surface area contributed by atoms with E-state index in [4.69, 9.17) is 16.3 Å². The van der Waals surface area contributed by atoms with Crippen molar-refractivity contribution in [3.8, 4) is 5.88 Å². The zero-order valence-corrected chi connectivity index (χ0v) is 15.5. The van der Waals surface area contributed by atoms with Crippen molar-refractivity contribution in [2.45, 2.75) is 12.5 Å². The predicted molar refractivity (Wildman–Crippen MR) is 98.0 cm³/mol. The molecule has 0 spiro atoms. The molecule has 138 valence electrons. The summed E-state index contributed by atoms with van der Waals surface area (Å²) in [6.45, 7) is 1.39. The van der Waals surface area contributed by atoms with E-state index >= 15 is 0 Å². The van der Waals surface area contributed by atoms with Crippen molar-refractivity contribution < 1.29 is 13.9 Å². The summed E-state index contributed by atoms with van der Waals surface area (Å²) in [6.07, 6.45) is 2.41. The number of aromatic nitrogens is 1. The number of methoxy groups -OCH3 is 1. The molecule has 0 aliphatic carbocycles. The molecule has 0 radical (unpaired) electrons. The summed E-state index contributed by atoms with van der Waals surface area (Å²) in [7, 11) is 3.53. The van der Waals surface area contributed by atoms with Crippen LogP contribution in [0.3, 0.4) is 0 Å². The Kier molecular flexibility index (Phi) is 5.74. The van der Waals surface area contributed by atoms with Crippen LogP contribution in [0.15, 0.2) is 36.5 Å². The van der Waals surface area contributed by atoms with Gasteiger partial charge in [-0.05, 0) is 49.7 Å². The van der Waals surface area contributed by atoms with Crippen LogP contribution in [0, 0.1) is 11.7 Å². The Morgan fingerprint density at radius 3 is 2.88 bits per heavy atom. The summed E-state index contributed by atoms with van der Waals surface area (Å²) in [6, 6.07) is 8.27. The maximum Gasteiger partial charge on any atom is 0.252 e. The molecule has 0 bridgehead atoms. The molecule has 2 aromatic rings. The van der Waals surface area contributed by atoms with Gasteiger partial charge < -0.3 is 10.1 Å². The number of amides is 1. The van der Waals surface area contributed by atoms with Crippen LogP contribution in [-0.2, 0) is 0 Å². The Bertz CT molecular complexity index is 785. The Hall–Kier alpha value is -2.18. The monoisotopic (exact) mass is 377 g/mol. The van der Waals surface area contributed by atoms with E-state index in [-0.39, 0.29) is 22.9 Å². The number of hydrogen-bond donors (Lipinski definition) is 1. The largest absolute Gasteiger partial charge is 0.481 e. The van der Waals surface area contributed by atoms with Gasteiger partial charge >= 0.3 is 0 Å². The van der Waals surface area contributed by atoms with Crippen LogP contribution in [-0.4, -0.2) is 43.0 Å². The lowest BCUT2D eigenvalue weighted by Gasteiger charge is -2.26. The van der Waals surface area contributed by atoms with Gasteiger partial charge in [0, 0.05) is 24.8 Å². The molecule has 1 saturated heterocycles. The minimum absolute atomic E-state index is 0.0380. The fourth-order valence-electron chi connectivity index (χ4n) is 3.42. The number of benzene rings is 1. The number of hydrogen-bond acceptors (Lipinski definition) is 4. The molecule has 0 saturated carbocycles. The first-order valence-corrected chi connectivity index (χ1v) is 8.81. The lowest BCUT2D eigenvalue weighted by Crippen LogP contribution is -2.32. The van der Waals surface area contributed by atoms with Gasteiger partial charge in [0.1, 0.15) is 5.82 Å². The molecule has 1 N–H and O–H groups in total. The molecular formula is C19H21ClFN3O2. The summed E-state index contributed by atoms with van der Waals surface area (Å²) in [5.74, 6) is 0.0480. The van der Waals surface area contributed by atoms with Gasteiger partial charge in [0.15, 0.2) is 0 Å². The Morgan fingerprint density at radius 2 is 2.23 bits per heavy atom. The molecule has 7 heteroatoms. The lowest BCUT2D eigenvalue weighted by atomic mass is 9.93. The van der Waals surface area contributed by atoms with E-state index in [9.17, 15) is 9.18 Å².